The lowest BCUT2D eigenvalue weighted by molar-refractivity contribution is 0.477. The van der Waals surface area contributed by atoms with Gasteiger partial charge in [0.1, 0.15) is 0 Å². The summed E-state index contributed by atoms with van der Waals surface area (Å²) in [5.41, 5.74) is 6.22. The number of aromatic nitrogens is 2. The number of anilines is 1. The highest BCUT2D eigenvalue weighted by Crippen LogP contribution is 2.41. The molecule has 3 nitrogen and oxygen atoms in total. The van der Waals surface area contributed by atoms with E-state index in [9.17, 15) is 0 Å². The van der Waals surface area contributed by atoms with Gasteiger partial charge in [0.2, 0.25) is 5.95 Å². The van der Waals surface area contributed by atoms with Crippen molar-refractivity contribution in [1.29, 1.82) is 0 Å². The Morgan fingerprint density at radius 2 is 1.62 bits per heavy atom. The number of hydrogen-bond acceptors (Lipinski definition) is 2. The maximum atomic E-state index is 4.91. The molecule has 1 aromatic heterocycles. The minimum atomic E-state index is 0.224. The van der Waals surface area contributed by atoms with Crippen molar-refractivity contribution in [2.75, 3.05) is 5.32 Å². The second-order valence-electron chi connectivity index (χ2n) is 8.12. The molecule has 0 bridgehead atoms. The van der Waals surface area contributed by atoms with Crippen molar-refractivity contribution in [3.63, 3.8) is 0 Å². The second kappa shape index (κ2) is 7.34. The number of imidazole rings is 1. The van der Waals surface area contributed by atoms with Gasteiger partial charge in [-0.25, -0.2) is 4.98 Å². The van der Waals surface area contributed by atoms with Crippen LogP contribution in [-0.4, -0.2) is 9.55 Å². The van der Waals surface area contributed by atoms with Crippen LogP contribution in [0.4, 0.5) is 5.95 Å². The van der Waals surface area contributed by atoms with E-state index in [1.807, 2.05) is 0 Å². The predicted octanol–water partition coefficient (Wildman–Crippen LogP) is 7.07. The molecule has 4 aromatic rings. The van der Waals surface area contributed by atoms with Gasteiger partial charge in [-0.1, -0.05) is 78.3 Å². The van der Waals surface area contributed by atoms with E-state index in [1.165, 1.54) is 22.2 Å². The summed E-state index contributed by atoms with van der Waals surface area (Å²) in [6, 6.07) is 26.6. The maximum absolute atomic E-state index is 4.91. The van der Waals surface area contributed by atoms with Crippen molar-refractivity contribution in [3.05, 3.63) is 94.0 Å². The highest BCUT2D eigenvalue weighted by molar-refractivity contribution is 9.10. The van der Waals surface area contributed by atoms with Crippen LogP contribution in [0.1, 0.15) is 55.0 Å². The van der Waals surface area contributed by atoms with Crippen molar-refractivity contribution in [2.24, 2.45) is 0 Å². The number of halogens is 1. The molecule has 0 radical (unpaired) electrons. The summed E-state index contributed by atoms with van der Waals surface area (Å²) in [5, 5.41) is 3.69. The van der Waals surface area contributed by atoms with Crippen LogP contribution in [0.2, 0.25) is 0 Å². The summed E-state index contributed by atoms with van der Waals surface area (Å²) in [6.07, 6.45) is 0.982. The number of rotatable bonds is 3. The number of benzene rings is 3. The van der Waals surface area contributed by atoms with Crippen LogP contribution in [0.3, 0.4) is 0 Å². The SMILES string of the molecule is CC(C)c1ccc([C@H]2C[C@@H](c3ccc(Br)cc3)Nc3nc4ccccc4n32)cc1. The smallest absolute Gasteiger partial charge is 0.204 e. The first-order valence-electron chi connectivity index (χ1n) is 10.2. The lowest BCUT2D eigenvalue weighted by Gasteiger charge is -2.33. The van der Waals surface area contributed by atoms with Crippen LogP contribution in [-0.2, 0) is 0 Å². The van der Waals surface area contributed by atoms with E-state index >= 15 is 0 Å². The Labute approximate surface area is 179 Å². The van der Waals surface area contributed by atoms with Gasteiger partial charge < -0.3 is 9.88 Å². The summed E-state index contributed by atoms with van der Waals surface area (Å²) in [5.74, 6) is 1.49. The van der Waals surface area contributed by atoms with Crippen LogP contribution in [0, 0.1) is 0 Å². The normalized spacial score (nSPS) is 18.6. The molecular formula is C25H24BrN3. The number of hydrogen-bond donors (Lipinski definition) is 1. The van der Waals surface area contributed by atoms with Gasteiger partial charge in [-0.2, -0.15) is 0 Å². The number of nitrogens with zero attached hydrogens (tertiary/aromatic N) is 2. The molecule has 5 rings (SSSR count). The van der Waals surface area contributed by atoms with Gasteiger partial charge in [0.05, 0.1) is 23.1 Å². The molecule has 0 saturated heterocycles. The Morgan fingerprint density at radius 3 is 2.34 bits per heavy atom. The van der Waals surface area contributed by atoms with Crippen molar-refractivity contribution in [3.8, 4) is 0 Å². The third-order valence-corrected chi connectivity index (χ3v) is 6.46. The highest BCUT2D eigenvalue weighted by atomic mass is 79.9. The average molecular weight is 446 g/mol. The molecule has 0 unspecified atom stereocenters. The summed E-state index contributed by atoms with van der Waals surface area (Å²) in [7, 11) is 0. The second-order valence-corrected chi connectivity index (χ2v) is 9.03. The lowest BCUT2D eigenvalue weighted by atomic mass is 9.91. The summed E-state index contributed by atoms with van der Waals surface area (Å²) < 4.78 is 3.47. The standard InChI is InChI=1S/C25H24BrN3/c1-16(2)17-7-9-19(10-8-17)24-15-22(18-11-13-20(26)14-12-18)28-25-27-21-5-3-4-6-23(21)29(24)25/h3-14,16,22,24H,15H2,1-2H3,(H,27,28)/t22-,24+/m0/s1. The molecule has 4 heteroatoms. The van der Waals surface area contributed by atoms with Crippen LogP contribution in [0.25, 0.3) is 11.0 Å². The Morgan fingerprint density at radius 1 is 0.931 bits per heavy atom. The van der Waals surface area contributed by atoms with Crippen molar-refractivity contribution >= 4 is 32.9 Å². The van der Waals surface area contributed by atoms with Gasteiger partial charge in [-0.05, 0) is 53.3 Å². The van der Waals surface area contributed by atoms with Gasteiger partial charge in [0.25, 0.3) is 0 Å². The van der Waals surface area contributed by atoms with E-state index < -0.39 is 0 Å². The quantitative estimate of drug-likeness (QED) is 0.365. The zero-order chi connectivity index (χ0) is 20.0. The van der Waals surface area contributed by atoms with Crippen molar-refractivity contribution in [1.82, 2.24) is 9.55 Å². The number of para-hydroxylation sites is 2. The molecule has 2 heterocycles. The zero-order valence-corrected chi connectivity index (χ0v) is 18.2. The molecule has 2 atom stereocenters. The molecule has 1 N–H and O–H groups in total. The Kier molecular flexibility index (Phi) is 4.67. The van der Waals surface area contributed by atoms with Gasteiger partial charge in [0.15, 0.2) is 0 Å². The summed E-state index contributed by atoms with van der Waals surface area (Å²) in [4.78, 5) is 4.91. The lowest BCUT2D eigenvalue weighted by Crippen LogP contribution is -2.27. The fourth-order valence-electron chi connectivity index (χ4n) is 4.31. The molecule has 1 aliphatic heterocycles. The predicted molar refractivity (Wildman–Crippen MR) is 124 cm³/mol. The molecular weight excluding hydrogens is 422 g/mol. The molecule has 146 valence electrons. The van der Waals surface area contributed by atoms with E-state index in [0.717, 1.165) is 22.4 Å². The molecule has 0 fully saturated rings. The van der Waals surface area contributed by atoms with Crippen LogP contribution in [0.15, 0.2) is 77.3 Å². The Balaban J connectivity index is 1.62. The maximum Gasteiger partial charge on any atom is 0.204 e. The summed E-state index contributed by atoms with van der Waals surface area (Å²) in [6.45, 7) is 4.48. The molecule has 0 aliphatic carbocycles. The van der Waals surface area contributed by atoms with Crippen molar-refractivity contribution in [2.45, 2.75) is 38.3 Å². The fraction of sp³-hybridized carbons (Fsp3) is 0.240. The molecule has 0 spiro atoms. The van der Waals surface area contributed by atoms with Gasteiger partial charge in [-0.15, -0.1) is 0 Å². The van der Waals surface area contributed by atoms with Crippen LogP contribution in [0.5, 0.6) is 0 Å². The minimum absolute atomic E-state index is 0.224. The highest BCUT2D eigenvalue weighted by Gasteiger charge is 2.30. The van der Waals surface area contributed by atoms with Gasteiger partial charge >= 0.3 is 0 Å². The van der Waals surface area contributed by atoms with Gasteiger partial charge in [-0.3, -0.25) is 0 Å². The van der Waals surface area contributed by atoms with Crippen molar-refractivity contribution < 1.29 is 0 Å². The van der Waals surface area contributed by atoms with Crippen LogP contribution >= 0.6 is 15.9 Å². The first-order chi connectivity index (χ1) is 14.1. The first kappa shape index (κ1) is 18.4. The van der Waals surface area contributed by atoms with E-state index in [-0.39, 0.29) is 12.1 Å². The Hall–Kier alpha value is -2.59. The van der Waals surface area contributed by atoms with E-state index in [0.29, 0.717) is 5.92 Å². The topological polar surface area (TPSA) is 29.9 Å². The van der Waals surface area contributed by atoms with E-state index in [2.05, 4.69) is 112 Å². The number of nitrogens with one attached hydrogen (secondary N) is 1. The molecule has 0 saturated carbocycles. The van der Waals surface area contributed by atoms with E-state index in [4.69, 9.17) is 4.98 Å². The molecule has 0 amide bonds. The zero-order valence-electron chi connectivity index (χ0n) is 16.6. The Bertz CT molecular complexity index is 1140. The molecule has 29 heavy (non-hydrogen) atoms. The first-order valence-corrected chi connectivity index (χ1v) is 11.0. The third-order valence-electron chi connectivity index (χ3n) is 5.93. The molecule has 3 aromatic carbocycles. The molecule has 1 aliphatic rings. The summed E-state index contributed by atoms with van der Waals surface area (Å²) >= 11 is 3.55. The largest absolute Gasteiger partial charge is 0.349 e. The fourth-order valence-corrected chi connectivity index (χ4v) is 4.57. The third kappa shape index (κ3) is 3.36. The minimum Gasteiger partial charge on any atom is -0.349 e. The van der Waals surface area contributed by atoms with E-state index in [1.54, 1.807) is 0 Å². The average Bonchev–Trinajstić information content (AvgIpc) is 3.12. The van der Waals surface area contributed by atoms with Crippen LogP contribution < -0.4 is 5.32 Å². The van der Waals surface area contributed by atoms with Gasteiger partial charge in [0, 0.05) is 4.47 Å². The monoisotopic (exact) mass is 445 g/mol. The number of fused-ring (bicyclic) bond motifs is 3.